The summed E-state index contributed by atoms with van der Waals surface area (Å²) in [5.41, 5.74) is 0.984. The van der Waals surface area contributed by atoms with E-state index in [9.17, 15) is 9.59 Å². The van der Waals surface area contributed by atoms with Gasteiger partial charge < -0.3 is 10.6 Å². The number of unbranched alkanes of at least 4 members (excludes halogenated alkanes) is 1. The van der Waals surface area contributed by atoms with E-state index in [0.717, 1.165) is 18.4 Å². The van der Waals surface area contributed by atoms with Crippen molar-refractivity contribution in [3.63, 3.8) is 0 Å². The lowest BCUT2D eigenvalue weighted by molar-refractivity contribution is -0.125. The fourth-order valence-corrected chi connectivity index (χ4v) is 2.14. The number of benzene rings is 1. The summed E-state index contributed by atoms with van der Waals surface area (Å²) in [7, 11) is 3.79. The molecule has 5 heteroatoms. The molecule has 2 amide bonds. The first-order chi connectivity index (χ1) is 10.0. The summed E-state index contributed by atoms with van der Waals surface area (Å²) in [5, 5.41) is 5.70. The van der Waals surface area contributed by atoms with Gasteiger partial charge in [0.05, 0.1) is 0 Å². The maximum absolute atomic E-state index is 12.3. The minimum absolute atomic E-state index is 0.00530. The Hall–Kier alpha value is -1.88. The number of likely N-dealkylation sites (N-methyl/N-ethyl adjacent to an activating group) is 1. The molecule has 0 saturated carbocycles. The Morgan fingerprint density at radius 2 is 1.62 bits per heavy atom. The molecule has 1 aromatic carbocycles. The van der Waals surface area contributed by atoms with E-state index in [4.69, 9.17) is 0 Å². The van der Waals surface area contributed by atoms with Crippen LogP contribution in [0.15, 0.2) is 30.3 Å². The molecule has 0 bridgehead atoms. The van der Waals surface area contributed by atoms with Crippen molar-refractivity contribution in [1.29, 1.82) is 0 Å². The summed E-state index contributed by atoms with van der Waals surface area (Å²) >= 11 is 0. The van der Waals surface area contributed by atoms with Crippen LogP contribution in [-0.2, 0) is 9.59 Å². The third-order valence-corrected chi connectivity index (χ3v) is 3.16. The van der Waals surface area contributed by atoms with Crippen LogP contribution in [-0.4, -0.2) is 43.9 Å². The smallest absolute Gasteiger partial charge is 0.241 e. The largest absolute Gasteiger partial charge is 0.356 e. The predicted molar refractivity (Wildman–Crippen MR) is 83.8 cm³/mol. The van der Waals surface area contributed by atoms with Gasteiger partial charge >= 0.3 is 0 Å². The van der Waals surface area contributed by atoms with Gasteiger partial charge in [0.25, 0.3) is 0 Å². The summed E-state index contributed by atoms with van der Waals surface area (Å²) in [5.74, 6) is -0.0125. The molecule has 1 atom stereocenters. The van der Waals surface area contributed by atoms with Gasteiger partial charge in [-0.1, -0.05) is 30.3 Å². The van der Waals surface area contributed by atoms with Crippen molar-refractivity contribution < 1.29 is 9.59 Å². The third kappa shape index (κ3) is 6.40. The fourth-order valence-electron chi connectivity index (χ4n) is 2.14. The molecule has 0 heterocycles. The molecule has 0 aliphatic carbocycles. The maximum Gasteiger partial charge on any atom is 0.241 e. The van der Waals surface area contributed by atoms with Gasteiger partial charge in [-0.3, -0.25) is 14.5 Å². The number of carbonyl (C=O) groups excluding carboxylic acids is 2. The van der Waals surface area contributed by atoms with Crippen LogP contribution in [0.1, 0.15) is 31.4 Å². The number of hydrogen-bond donors (Lipinski definition) is 2. The van der Waals surface area contributed by atoms with E-state index in [1.807, 2.05) is 49.3 Å². The highest BCUT2D eigenvalue weighted by Crippen LogP contribution is 2.17. The quantitative estimate of drug-likeness (QED) is 0.710. The van der Waals surface area contributed by atoms with E-state index in [2.05, 4.69) is 10.6 Å². The highest BCUT2D eigenvalue weighted by Gasteiger charge is 2.21. The Bertz CT molecular complexity index is 446. The number of hydrogen-bond acceptors (Lipinski definition) is 3. The molecular weight excluding hydrogens is 266 g/mol. The van der Waals surface area contributed by atoms with Crippen LogP contribution in [0.25, 0.3) is 0 Å². The van der Waals surface area contributed by atoms with Gasteiger partial charge in [-0.15, -0.1) is 0 Å². The van der Waals surface area contributed by atoms with Crippen LogP contribution < -0.4 is 10.6 Å². The maximum atomic E-state index is 12.3. The van der Waals surface area contributed by atoms with Gasteiger partial charge in [0.15, 0.2) is 0 Å². The minimum Gasteiger partial charge on any atom is -0.356 e. The zero-order valence-electron chi connectivity index (χ0n) is 13.1. The normalized spacial score (nSPS) is 12.0. The SMILES string of the molecule is CC(=O)NCCCCNC(=O)C(c1ccccc1)N(C)C. The van der Waals surface area contributed by atoms with Crippen molar-refractivity contribution in [3.05, 3.63) is 35.9 Å². The molecule has 0 saturated heterocycles. The van der Waals surface area contributed by atoms with Crippen molar-refractivity contribution in [2.75, 3.05) is 27.2 Å². The lowest BCUT2D eigenvalue weighted by Crippen LogP contribution is -2.37. The van der Waals surface area contributed by atoms with Gasteiger partial charge in [-0.05, 0) is 32.5 Å². The van der Waals surface area contributed by atoms with Gasteiger partial charge in [0.2, 0.25) is 11.8 Å². The molecule has 2 N–H and O–H groups in total. The Labute approximate surface area is 126 Å². The van der Waals surface area contributed by atoms with Crippen molar-refractivity contribution in [2.45, 2.75) is 25.8 Å². The van der Waals surface area contributed by atoms with Gasteiger partial charge in [-0.2, -0.15) is 0 Å². The number of carbonyl (C=O) groups is 2. The van der Waals surface area contributed by atoms with Crippen LogP contribution in [0.5, 0.6) is 0 Å². The molecule has 0 spiro atoms. The van der Waals surface area contributed by atoms with E-state index < -0.39 is 0 Å². The molecule has 0 fully saturated rings. The van der Waals surface area contributed by atoms with Gasteiger partial charge in [0.1, 0.15) is 6.04 Å². The van der Waals surface area contributed by atoms with E-state index in [1.165, 1.54) is 6.92 Å². The monoisotopic (exact) mass is 291 g/mol. The Kier molecular flexibility index (Phi) is 7.46. The summed E-state index contributed by atoms with van der Waals surface area (Å²) < 4.78 is 0. The highest BCUT2D eigenvalue weighted by molar-refractivity contribution is 5.83. The molecule has 0 aromatic heterocycles. The van der Waals surface area contributed by atoms with Crippen molar-refractivity contribution >= 4 is 11.8 Å². The second-order valence-corrected chi connectivity index (χ2v) is 5.26. The Balaban J connectivity index is 2.39. The fraction of sp³-hybridized carbons (Fsp3) is 0.500. The lowest BCUT2D eigenvalue weighted by atomic mass is 10.1. The van der Waals surface area contributed by atoms with Crippen molar-refractivity contribution in [1.82, 2.24) is 15.5 Å². The van der Waals surface area contributed by atoms with Crippen LogP contribution in [0.4, 0.5) is 0 Å². The number of nitrogens with zero attached hydrogens (tertiary/aromatic N) is 1. The molecule has 1 aromatic rings. The standard InChI is InChI=1S/C16H25N3O2/c1-13(20)17-11-7-8-12-18-16(21)15(19(2)3)14-9-5-4-6-10-14/h4-6,9-10,15H,7-8,11-12H2,1-3H3,(H,17,20)(H,18,21). The molecule has 5 nitrogen and oxygen atoms in total. The Morgan fingerprint density at radius 1 is 1.05 bits per heavy atom. The number of amides is 2. The molecule has 21 heavy (non-hydrogen) atoms. The molecule has 0 aliphatic rings. The average Bonchev–Trinajstić information content (AvgIpc) is 2.43. The lowest BCUT2D eigenvalue weighted by Gasteiger charge is -2.23. The second kappa shape index (κ2) is 9.13. The molecule has 0 radical (unpaired) electrons. The summed E-state index contributed by atoms with van der Waals surface area (Å²) in [6, 6.07) is 9.46. The van der Waals surface area contributed by atoms with E-state index in [-0.39, 0.29) is 17.9 Å². The zero-order chi connectivity index (χ0) is 15.7. The average molecular weight is 291 g/mol. The minimum atomic E-state index is -0.276. The van der Waals surface area contributed by atoms with Crippen LogP contribution in [0.2, 0.25) is 0 Å². The number of rotatable bonds is 8. The topological polar surface area (TPSA) is 61.4 Å². The van der Waals surface area contributed by atoms with Crippen LogP contribution in [0.3, 0.4) is 0 Å². The first-order valence-corrected chi connectivity index (χ1v) is 7.26. The molecule has 1 unspecified atom stereocenters. The molecular formula is C16H25N3O2. The summed E-state index contributed by atoms with van der Waals surface area (Å²) in [6.07, 6.45) is 1.71. The van der Waals surface area contributed by atoms with E-state index in [0.29, 0.717) is 13.1 Å². The second-order valence-electron chi connectivity index (χ2n) is 5.26. The molecule has 1 rings (SSSR count). The van der Waals surface area contributed by atoms with Gasteiger partial charge in [-0.25, -0.2) is 0 Å². The third-order valence-electron chi connectivity index (χ3n) is 3.16. The first-order valence-electron chi connectivity index (χ1n) is 7.26. The highest BCUT2D eigenvalue weighted by atomic mass is 16.2. The zero-order valence-corrected chi connectivity index (χ0v) is 13.1. The van der Waals surface area contributed by atoms with Gasteiger partial charge in [0, 0.05) is 20.0 Å². The summed E-state index contributed by atoms with van der Waals surface area (Å²) in [4.78, 5) is 24.9. The summed E-state index contributed by atoms with van der Waals surface area (Å²) in [6.45, 7) is 2.78. The molecule has 116 valence electrons. The number of nitrogens with one attached hydrogen (secondary N) is 2. The van der Waals surface area contributed by atoms with Crippen LogP contribution in [0, 0.1) is 0 Å². The Morgan fingerprint density at radius 3 is 2.14 bits per heavy atom. The first kappa shape index (κ1) is 17.2. The van der Waals surface area contributed by atoms with Crippen LogP contribution >= 0.6 is 0 Å². The van der Waals surface area contributed by atoms with Crippen molar-refractivity contribution in [2.24, 2.45) is 0 Å². The predicted octanol–water partition coefficient (Wildman–Crippen LogP) is 1.32. The van der Waals surface area contributed by atoms with E-state index in [1.54, 1.807) is 0 Å². The molecule has 0 aliphatic heterocycles. The van der Waals surface area contributed by atoms with Crippen molar-refractivity contribution in [3.8, 4) is 0 Å². The van der Waals surface area contributed by atoms with E-state index >= 15 is 0 Å².